The number of halogens is 3. The van der Waals surface area contributed by atoms with E-state index < -0.39 is 11.9 Å². The van der Waals surface area contributed by atoms with Crippen molar-refractivity contribution < 1.29 is 23.9 Å². The van der Waals surface area contributed by atoms with Gasteiger partial charge in [-0.15, -0.1) is 0 Å². The van der Waals surface area contributed by atoms with Crippen molar-refractivity contribution in [2.75, 3.05) is 6.61 Å². The molecule has 0 aliphatic carbocycles. The number of imide groups is 1. The number of rotatable bonds is 7. The molecule has 0 spiro atoms. The predicted octanol–water partition coefficient (Wildman–Crippen LogP) is 7.61. The maximum atomic E-state index is 13.0. The molecule has 0 radical (unpaired) electrons. The van der Waals surface area contributed by atoms with Crippen LogP contribution in [-0.2, 0) is 11.3 Å². The number of hydrogen-bond acceptors (Lipinski definition) is 6. The van der Waals surface area contributed by atoms with Gasteiger partial charge >= 0.3 is 5.97 Å². The molecule has 1 aliphatic rings. The highest BCUT2D eigenvalue weighted by Crippen LogP contribution is 2.40. The minimum atomic E-state index is -0.643. The Labute approximate surface area is 230 Å². The van der Waals surface area contributed by atoms with Crippen molar-refractivity contribution in [3.05, 3.63) is 96.8 Å². The van der Waals surface area contributed by atoms with Gasteiger partial charge in [-0.3, -0.25) is 14.5 Å². The Balaban J connectivity index is 1.60. The predicted molar refractivity (Wildman–Crippen MR) is 145 cm³/mol. The highest BCUT2D eigenvalue weighted by molar-refractivity contribution is 9.10. The molecular weight excluding hydrogens is 589 g/mol. The van der Waals surface area contributed by atoms with Crippen LogP contribution in [0.2, 0.25) is 10.0 Å². The van der Waals surface area contributed by atoms with Crippen molar-refractivity contribution >= 4 is 74.1 Å². The topological polar surface area (TPSA) is 72.9 Å². The lowest BCUT2D eigenvalue weighted by atomic mass is 10.1. The molecule has 3 aromatic carbocycles. The maximum absolute atomic E-state index is 13.0. The van der Waals surface area contributed by atoms with Crippen molar-refractivity contribution in [1.82, 2.24) is 4.90 Å². The first kappa shape index (κ1) is 26.3. The van der Waals surface area contributed by atoms with Gasteiger partial charge in [-0.05, 0) is 82.2 Å². The van der Waals surface area contributed by atoms with Crippen LogP contribution in [0.15, 0.2) is 70.0 Å². The summed E-state index contributed by atoms with van der Waals surface area (Å²) in [5.74, 6) is -0.608. The third kappa shape index (κ3) is 5.78. The van der Waals surface area contributed by atoms with E-state index in [0.29, 0.717) is 27.2 Å². The number of nitrogens with zero attached hydrogens (tertiary/aromatic N) is 1. The van der Waals surface area contributed by atoms with Gasteiger partial charge < -0.3 is 9.47 Å². The lowest BCUT2D eigenvalue weighted by molar-refractivity contribution is -0.123. The second-order valence-electron chi connectivity index (χ2n) is 7.49. The third-order valence-electron chi connectivity index (χ3n) is 5.08. The lowest BCUT2D eigenvalue weighted by Gasteiger charge is -2.14. The molecule has 1 fully saturated rings. The molecule has 1 aliphatic heterocycles. The fourth-order valence-corrected chi connectivity index (χ4v) is 5.18. The van der Waals surface area contributed by atoms with Crippen LogP contribution in [0.4, 0.5) is 4.79 Å². The molecule has 0 unspecified atom stereocenters. The van der Waals surface area contributed by atoms with Crippen molar-refractivity contribution in [3.63, 3.8) is 0 Å². The van der Waals surface area contributed by atoms with E-state index in [4.69, 9.17) is 32.7 Å². The number of hydrogen-bond donors (Lipinski definition) is 0. The SMILES string of the molecule is CCOc1cc(/C=C2\SC(=O)N(Cc3ccccc3Cl)C2=O)cc(Br)c1OC(=O)c1ccccc1Cl. The number of ether oxygens (including phenoxy) is 2. The van der Waals surface area contributed by atoms with E-state index in [1.54, 1.807) is 73.7 Å². The summed E-state index contributed by atoms with van der Waals surface area (Å²) in [6, 6.07) is 16.9. The van der Waals surface area contributed by atoms with Crippen LogP contribution in [0.5, 0.6) is 11.5 Å². The molecule has 4 rings (SSSR count). The molecule has 6 nitrogen and oxygen atoms in total. The molecule has 184 valence electrons. The zero-order chi connectivity index (χ0) is 25.8. The average molecular weight is 607 g/mol. The second kappa shape index (κ2) is 11.5. The van der Waals surface area contributed by atoms with E-state index in [2.05, 4.69) is 15.9 Å². The molecular formula is C26H18BrCl2NO5S. The van der Waals surface area contributed by atoms with Gasteiger partial charge in [0.2, 0.25) is 0 Å². The molecule has 0 aromatic heterocycles. The summed E-state index contributed by atoms with van der Waals surface area (Å²) in [5.41, 5.74) is 1.46. The van der Waals surface area contributed by atoms with E-state index >= 15 is 0 Å². The highest BCUT2D eigenvalue weighted by atomic mass is 79.9. The van der Waals surface area contributed by atoms with Crippen LogP contribution in [0.25, 0.3) is 6.08 Å². The Kier molecular flexibility index (Phi) is 8.41. The van der Waals surface area contributed by atoms with Gasteiger partial charge in [-0.2, -0.15) is 0 Å². The van der Waals surface area contributed by atoms with Gasteiger partial charge in [0.15, 0.2) is 11.5 Å². The quantitative estimate of drug-likeness (QED) is 0.157. The Morgan fingerprint density at radius 3 is 2.44 bits per heavy atom. The third-order valence-corrected chi connectivity index (χ3v) is 7.27. The highest BCUT2D eigenvalue weighted by Gasteiger charge is 2.35. The molecule has 1 saturated heterocycles. The number of carbonyl (C=O) groups is 3. The molecule has 3 aromatic rings. The fraction of sp³-hybridized carbons (Fsp3) is 0.115. The molecule has 0 atom stereocenters. The summed E-state index contributed by atoms with van der Waals surface area (Å²) in [5, 5.41) is 0.356. The van der Waals surface area contributed by atoms with E-state index in [9.17, 15) is 14.4 Å². The van der Waals surface area contributed by atoms with Gasteiger partial charge in [0, 0.05) is 5.02 Å². The molecule has 10 heteroatoms. The van der Waals surface area contributed by atoms with E-state index in [0.717, 1.165) is 16.7 Å². The van der Waals surface area contributed by atoms with Crippen molar-refractivity contribution in [2.24, 2.45) is 0 Å². The fourth-order valence-electron chi connectivity index (χ4n) is 3.39. The Bertz CT molecular complexity index is 1390. The molecule has 36 heavy (non-hydrogen) atoms. The van der Waals surface area contributed by atoms with Crippen LogP contribution >= 0.6 is 50.9 Å². The van der Waals surface area contributed by atoms with Crippen molar-refractivity contribution in [3.8, 4) is 11.5 Å². The summed E-state index contributed by atoms with van der Waals surface area (Å²) in [7, 11) is 0. The van der Waals surface area contributed by atoms with Gasteiger partial charge in [0.25, 0.3) is 11.1 Å². The maximum Gasteiger partial charge on any atom is 0.345 e. The Morgan fingerprint density at radius 1 is 1.06 bits per heavy atom. The van der Waals surface area contributed by atoms with E-state index in [1.807, 2.05) is 0 Å². The van der Waals surface area contributed by atoms with Gasteiger partial charge in [0.1, 0.15) is 0 Å². The second-order valence-corrected chi connectivity index (χ2v) is 10.2. The molecule has 0 N–H and O–H groups in total. The molecule has 2 amide bonds. The first-order chi connectivity index (χ1) is 17.3. The van der Waals surface area contributed by atoms with Crippen LogP contribution in [0.1, 0.15) is 28.4 Å². The number of benzene rings is 3. The summed E-state index contributed by atoms with van der Waals surface area (Å²) in [6.07, 6.45) is 1.59. The zero-order valence-corrected chi connectivity index (χ0v) is 22.7. The standard InChI is InChI=1S/C26H18BrCl2NO5S/c1-2-34-21-12-15(11-18(27)23(21)35-25(32)17-8-4-6-10-20(17)29)13-22-24(31)30(26(33)36-22)14-16-7-3-5-9-19(16)28/h3-13H,2,14H2,1H3/b22-13-. The van der Waals surface area contributed by atoms with Gasteiger partial charge in [-0.1, -0.05) is 53.5 Å². The zero-order valence-electron chi connectivity index (χ0n) is 18.8. The van der Waals surface area contributed by atoms with Gasteiger partial charge in [-0.25, -0.2) is 4.79 Å². The first-order valence-electron chi connectivity index (χ1n) is 10.7. The molecule has 1 heterocycles. The molecule has 0 bridgehead atoms. The van der Waals surface area contributed by atoms with Gasteiger partial charge in [0.05, 0.1) is 33.1 Å². The van der Waals surface area contributed by atoms with E-state index in [1.165, 1.54) is 0 Å². The van der Waals surface area contributed by atoms with Crippen LogP contribution in [-0.4, -0.2) is 28.6 Å². The number of esters is 1. The Morgan fingerprint density at radius 2 is 1.75 bits per heavy atom. The van der Waals surface area contributed by atoms with Crippen molar-refractivity contribution in [2.45, 2.75) is 13.5 Å². The monoisotopic (exact) mass is 605 g/mol. The first-order valence-corrected chi connectivity index (χ1v) is 13.1. The summed E-state index contributed by atoms with van der Waals surface area (Å²) in [4.78, 5) is 39.6. The minimum Gasteiger partial charge on any atom is -0.490 e. The van der Waals surface area contributed by atoms with Crippen molar-refractivity contribution in [1.29, 1.82) is 0 Å². The smallest absolute Gasteiger partial charge is 0.345 e. The summed E-state index contributed by atoms with van der Waals surface area (Å²) < 4.78 is 11.7. The minimum absolute atomic E-state index is 0.0759. The number of thioether (sulfide) groups is 1. The van der Waals surface area contributed by atoms with Crippen LogP contribution in [0, 0.1) is 0 Å². The largest absolute Gasteiger partial charge is 0.490 e. The molecule has 0 saturated carbocycles. The summed E-state index contributed by atoms with van der Waals surface area (Å²) >= 11 is 16.6. The van der Waals surface area contributed by atoms with E-state index in [-0.39, 0.29) is 38.8 Å². The Hall–Kier alpha value is -2.78. The van der Waals surface area contributed by atoms with Crippen LogP contribution < -0.4 is 9.47 Å². The number of amides is 2. The summed E-state index contributed by atoms with van der Waals surface area (Å²) in [6.45, 7) is 2.17. The number of carbonyl (C=O) groups excluding carboxylic acids is 3. The average Bonchev–Trinajstić information content (AvgIpc) is 3.10. The normalized spacial score (nSPS) is 14.4. The lowest BCUT2D eigenvalue weighted by Crippen LogP contribution is -2.27. The van der Waals surface area contributed by atoms with Crippen LogP contribution in [0.3, 0.4) is 0 Å².